The molecule has 0 saturated heterocycles. The molecule has 154 valence electrons. The van der Waals surface area contributed by atoms with E-state index in [1.807, 2.05) is 30.0 Å². The van der Waals surface area contributed by atoms with E-state index in [1.165, 1.54) is 32.8 Å². The maximum Gasteiger partial charge on any atom is 0.257 e. The average molecular weight is 415 g/mol. The highest BCUT2D eigenvalue weighted by atomic mass is 32.2. The highest BCUT2D eigenvalue weighted by Gasteiger charge is 2.19. The second kappa shape index (κ2) is 10.2. The molecule has 0 aliphatic heterocycles. The molecule has 0 radical (unpaired) electrons. The normalized spacial score (nSPS) is 13.7. The molecule has 0 spiro atoms. The Morgan fingerprint density at radius 2 is 1.86 bits per heavy atom. The minimum absolute atomic E-state index is 0.121. The van der Waals surface area contributed by atoms with E-state index in [-0.39, 0.29) is 18.4 Å². The van der Waals surface area contributed by atoms with Gasteiger partial charge in [-0.2, -0.15) is 0 Å². The summed E-state index contributed by atoms with van der Waals surface area (Å²) in [6.07, 6.45) is 5.00. The van der Waals surface area contributed by atoms with Gasteiger partial charge in [0.1, 0.15) is 0 Å². The third-order valence-electron chi connectivity index (χ3n) is 4.79. The molecule has 3 rings (SSSR count). The fourth-order valence-corrected chi connectivity index (χ4v) is 4.53. The van der Waals surface area contributed by atoms with Crippen LogP contribution in [0, 0.1) is 0 Å². The van der Waals surface area contributed by atoms with Crippen molar-refractivity contribution in [3.63, 3.8) is 0 Å². The molecule has 0 heterocycles. The molecule has 2 aromatic carbocycles. The quantitative estimate of drug-likeness (QED) is 0.680. The smallest absolute Gasteiger partial charge is 0.257 e. The first kappa shape index (κ1) is 21.0. The van der Waals surface area contributed by atoms with Gasteiger partial charge in [-0.05, 0) is 43.2 Å². The van der Waals surface area contributed by atoms with Crippen molar-refractivity contribution in [2.75, 3.05) is 26.1 Å². The van der Waals surface area contributed by atoms with Gasteiger partial charge in [0.15, 0.2) is 18.1 Å². The number of carbonyl (C=O) groups is 2. The van der Waals surface area contributed by atoms with Crippen molar-refractivity contribution in [2.24, 2.45) is 0 Å². The molecule has 2 N–H and O–H groups in total. The first-order valence-electron chi connectivity index (χ1n) is 9.69. The molecule has 1 fully saturated rings. The lowest BCUT2D eigenvalue weighted by molar-refractivity contribution is -0.122. The fraction of sp³-hybridized carbons (Fsp3) is 0.364. The van der Waals surface area contributed by atoms with Crippen LogP contribution in [0.5, 0.6) is 11.5 Å². The summed E-state index contributed by atoms with van der Waals surface area (Å²) in [6, 6.07) is 12.8. The van der Waals surface area contributed by atoms with Gasteiger partial charge in [0, 0.05) is 22.8 Å². The monoisotopic (exact) mass is 414 g/mol. The van der Waals surface area contributed by atoms with Crippen LogP contribution in [-0.4, -0.2) is 37.8 Å². The summed E-state index contributed by atoms with van der Waals surface area (Å²) in [5, 5.41) is 6.12. The lowest BCUT2D eigenvalue weighted by Gasteiger charge is -2.15. The third kappa shape index (κ3) is 5.67. The number of benzene rings is 2. The third-order valence-corrected chi connectivity index (χ3v) is 6.21. The predicted molar refractivity (Wildman–Crippen MR) is 115 cm³/mol. The predicted octanol–water partition coefficient (Wildman–Crippen LogP) is 4.11. The van der Waals surface area contributed by atoms with Crippen LogP contribution in [0.4, 0.5) is 5.69 Å². The van der Waals surface area contributed by atoms with E-state index in [4.69, 9.17) is 9.47 Å². The molecule has 1 aliphatic rings. The molecule has 0 unspecified atom stereocenters. The van der Waals surface area contributed by atoms with Gasteiger partial charge in [0.2, 0.25) is 0 Å². The van der Waals surface area contributed by atoms with Crippen LogP contribution in [0.25, 0.3) is 0 Å². The van der Waals surface area contributed by atoms with Crippen LogP contribution in [0.15, 0.2) is 47.4 Å². The van der Waals surface area contributed by atoms with Crippen molar-refractivity contribution in [1.29, 1.82) is 0 Å². The number of thioether (sulfide) groups is 1. The summed E-state index contributed by atoms with van der Waals surface area (Å²) in [6.45, 7) is -0.121. The minimum Gasteiger partial charge on any atom is -0.493 e. The number of likely N-dealkylation sites (N-methyl/N-ethyl adjacent to an activating group) is 1. The zero-order chi connectivity index (χ0) is 20.6. The Labute approximate surface area is 175 Å². The number of hydrogen-bond donors (Lipinski definition) is 2. The van der Waals surface area contributed by atoms with Crippen LogP contribution in [0.3, 0.4) is 0 Å². The number of rotatable bonds is 8. The van der Waals surface area contributed by atoms with Crippen molar-refractivity contribution < 1.29 is 19.1 Å². The van der Waals surface area contributed by atoms with E-state index in [1.54, 1.807) is 25.2 Å². The summed E-state index contributed by atoms with van der Waals surface area (Å²) in [7, 11) is 3.04. The molecule has 1 saturated carbocycles. The molecule has 2 amide bonds. The maximum absolute atomic E-state index is 12.8. The number of hydrogen-bond acceptors (Lipinski definition) is 5. The van der Waals surface area contributed by atoms with Crippen molar-refractivity contribution in [3.05, 3.63) is 48.0 Å². The van der Waals surface area contributed by atoms with Crippen LogP contribution in [-0.2, 0) is 4.79 Å². The number of methoxy groups -OCH3 is 1. The Balaban J connectivity index is 1.71. The summed E-state index contributed by atoms with van der Waals surface area (Å²) < 4.78 is 10.8. The summed E-state index contributed by atoms with van der Waals surface area (Å²) in [5.74, 6) is 0.339. The zero-order valence-corrected chi connectivity index (χ0v) is 17.5. The van der Waals surface area contributed by atoms with Crippen molar-refractivity contribution in [2.45, 2.75) is 35.8 Å². The summed E-state index contributed by atoms with van der Waals surface area (Å²) >= 11 is 1.84. The van der Waals surface area contributed by atoms with Gasteiger partial charge in [-0.25, -0.2) is 0 Å². The van der Waals surface area contributed by atoms with Crippen LogP contribution >= 0.6 is 11.8 Å². The largest absolute Gasteiger partial charge is 0.493 e. The lowest BCUT2D eigenvalue weighted by Crippen LogP contribution is -2.25. The highest BCUT2D eigenvalue weighted by molar-refractivity contribution is 8.00. The molecule has 1 aliphatic carbocycles. The molecule has 2 aromatic rings. The van der Waals surface area contributed by atoms with Crippen molar-refractivity contribution in [3.8, 4) is 11.5 Å². The number of nitrogens with one attached hydrogen (secondary N) is 2. The van der Waals surface area contributed by atoms with Gasteiger partial charge in [-0.15, -0.1) is 11.8 Å². The number of anilines is 1. The van der Waals surface area contributed by atoms with E-state index in [9.17, 15) is 9.59 Å². The molecule has 0 atom stereocenters. The Kier molecular flexibility index (Phi) is 7.41. The van der Waals surface area contributed by atoms with Gasteiger partial charge in [-0.3, -0.25) is 9.59 Å². The van der Waals surface area contributed by atoms with Crippen LogP contribution < -0.4 is 20.1 Å². The molecule has 29 heavy (non-hydrogen) atoms. The molecule has 0 aromatic heterocycles. The van der Waals surface area contributed by atoms with E-state index in [0.29, 0.717) is 22.3 Å². The number of amides is 2. The molecule has 6 nitrogen and oxygen atoms in total. The lowest BCUT2D eigenvalue weighted by atomic mass is 10.2. The highest BCUT2D eigenvalue weighted by Crippen LogP contribution is 2.38. The van der Waals surface area contributed by atoms with E-state index in [2.05, 4.69) is 16.7 Å². The van der Waals surface area contributed by atoms with Crippen molar-refractivity contribution in [1.82, 2.24) is 5.32 Å². The van der Waals surface area contributed by atoms with Crippen molar-refractivity contribution >= 4 is 29.3 Å². The Hall–Kier alpha value is -2.67. The van der Waals surface area contributed by atoms with Gasteiger partial charge in [0.05, 0.1) is 12.8 Å². The number of ether oxygens (including phenoxy) is 2. The first-order valence-corrected chi connectivity index (χ1v) is 10.6. The number of carbonyl (C=O) groups excluding carboxylic acids is 2. The van der Waals surface area contributed by atoms with Crippen LogP contribution in [0.2, 0.25) is 0 Å². The average Bonchev–Trinajstić information content (AvgIpc) is 3.26. The van der Waals surface area contributed by atoms with E-state index >= 15 is 0 Å². The van der Waals surface area contributed by atoms with E-state index < -0.39 is 0 Å². The Bertz CT molecular complexity index is 866. The van der Waals surface area contributed by atoms with E-state index in [0.717, 1.165) is 10.6 Å². The SMILES string of the molecule is CNC(=O)COc1ccc(C(=O)Nc2ccccc2SC2CCCC2)cc1OC. The van der Waals surface area contributed by atoms with Crippen LogP contribution in [0.1, 0.15) is 36.0 Å². The minimum atomic E-state index is -0.245. The second-order valence-electron chi connectivity index (χ2n) is 6.80. The van der Waals surface area contributed by atoms with Gasteiger partial charge in [0.25, 0.3) is 11.8 Å². The fourth-order valence-electron chi connectivity index (χ4n) is 3.20. The molecular weight excluding hydrogens is 388 g/mol. The van der Waals surface area contributed by atoms with Gasteiger partial charge >= 0.3 is 0 Å². The van der Waals surface area contributed by atoms with Gasteiger partial charge in [-0.1, -0.05) is 25.0 Å². The Morgan fingerprint density at radius 3 is 2.59 bits per heavy atom. The maximum atomic E-state index is 12.8. The molecule has 0 bridgehead atoms. The topological polar surface area (TPSA) is 76.7 Å². The standard InChI is InChI=1S/C22H26N2O4S/c1-23-21(25)14-28-18-12-11-15(13-19(18)27-2)22(26)24-17-9-5-6-10-20(17)29-16-7-3-4-8-16/h5-6,9-13,16H,3-4,7-8,14H2,1-2H3,(H,23,25)(H,24,26). The summed E-state index contributed by atoms with van der Waals surface area (Å²) in [5.41, 5.74) is 1.27. The number of para-hydroxylation sites is 1. The van der Waals surface area contributed by atoms with Gasteiger partial charge < -0.3 is 20.1 Å². The zero-order valence-electron chi connectivity index (χ0n) is 16.7. The molecular formula is C22H26N2O4S. The molecule has 7 heteroatoms. The second-order valence-corrected chi connectivity index (χ2v) is 8.14. The Morgan fingerprint density at radius 1 is 1.10 bits per heavy atom. The summed E-state index contributed by atoms with van der Waals surface area (Å²) in [4.78, 5) is 25.3. The first-order chi connectivity index (χ1) is 14.1.